The first-order chi connectivity index (χ1) is 13.6. The van der Waals surface area contributed by atoms with Gasteiger partial charge in [-0.05, 0) is 31.7 Å². The minimum Gasteiger partial charge on any atom is -0.348 e. The number of carbonyl (C=O) groups is 1. The largest absolute Gasteiger partial charge is 0.348 e. The molecule has 1 N–H and O–H groups in total. The van der Waals surface area contributed by atoms with Gasteiger partial charge in [0.1, 0.15) is 5.82 Å². The Hall–Kier alpha value is -1.92. The highest BCUT2D eigenvalue weighted by atomic mass is 35.5. The number of halogens is 2. The molecule has 1 saturated heterocycles. The monoisotopic (exact) mass is 402 g/mol. The average molecular weight is 403 g/mol. The lowest BCUT2D eigenvalue weighted by molar-refractivity contribution is -0.143. The first-order valence-electron chi connectivity index (χ1n) is 10.1. The van der Waals surface area contributed by atoms with Gasteiger partial charge in [-0.2, -0.15) is 0 Å². The number of hydrogen-bond donors (Lipinski definition) is 1. The van der Waals surface area contributed by atoms with Crippen LogP contribution in [0.1, 0.15) is 42.6 Å². The van der Waals surface area contributed by atoms with Gasteiger partial charge in [-0.3, -0.25) is 9.69 Å². The fourth-order valence-corrected chi connectivity index (χ4v) is 5.04. The Kier molecular flexibility index (Phi) is 4.43. The Morgan fingerprint density at radius 1 is 1.29 bits per heavy atom. The maximum atomic E-state index is 14.3. The number of fused-ring (bicyclic) bond motifs is 2. The van der Waals surface area contributed by atoms with Crippen molar-refractivity contribution in [2.45, 2.75) is 44.2 Å². The lowest BCUT2D eigenvalue weighted by Gasteiger charge is -2.50. The van der Waals surface area contributed by atoms with Crippen LogP contribution in [0, 0.1) is 11.7 Å². The lowest BCUT2D eigenvalue weighted by Crippen LogP contribution is -2.58. The SMILES string of the molecule is O=C(C1CC1)N1CCc2[nH]cnc2C12CCN(Cc1cccc(Cl)c1F)CC2. The Labute approximate surface area is 168 Å². The fourth-order valence-electron chi connectivity index (χ4n) is 4.85. The molecule has 5 nitrogen and oxygen atoms in total. The van der Waals surface area contributed by atoms with Gasteiger partial charge in [0.2, 0.25) is 5.91 Å². The number of hydrogen-bond acceptors (Lipinski definition) is 3. The minimum absolute atomic E-state index is 0.167. The van der Waals surface area contributed by atoms with Crippen LogP contribution in [0.25, 0.3) is 0 Å². The third-order valence-corrected chi connectivity index (χ3v) is 6.85. The van der Waals surface area contributed by atoms with Gasteiger partial charge in [0.05, 0.1) is 22.6 Å². The van der Waals surface area contributed by atoms with Crippen LogP contribution in [0.3, 0.4) is 0 Å². The Balaban J connectivity index is 1.38. The molecule has 0 radical (unpaired) electrons. The molecular weight excluding hydrogens is 379 g/mol. The zero-order valence-electron chi connectivity index (χ0n) is 15.8. The zero-order chi connectivity index (χ0) is 19.3. The molecule has 1 amide bonds. The fraction of sp³-hybridized carbons (Fsp3) is 0.524. The summed E-state index contributed by atoms with van der Waals surface area (Å²) in [5.74, 6) is 0.168. The number of amides is 1. The Morgan fingerprint density at radius 3 is 2.82 bits per heavy atom. The molecule has 2 aliphatic heterocycles. The van der Waals surface area contributed by atoms with Crippen LogP contribution in [0.15, 0.2) is 24.5 Å². The van der Waals surface area contributed by atoms with E-state index in [4.69, 9.17) is 11.6 Å². The molecule has 1 aliphatic carbocycles. The van der Waals surface area contributed by atoms with E-state index in [9.17, 15) is 9.18 Å². The molecular formula is C21H24ClFN4O. The third-order valence-electron chi connectivity index (χ3n) is 6.56. The van der Waals surface area contributed by atoms with Crippen molar-refractivity contribution in [3.63, 3.8) is 0 Å². The van der Waals surface area contributed by atoms with Gasteiger partial charge in [-0.25, -0.2) is 9.37 Å². The van der Waals surface area contributed by atoms with Crippen LogP contribution in [0.5, 0.6) is 0 Å². The molecule has 1 spiro atoms. The van der Waals surface area contributed by atoms with Crippen molar-refractivity contribution in [2.75, 3.05) is 19.6 Å². The number of carbonyl (C=O) groups excluding carboxylic acids is 1. The lowest BCUT2D eigenvalue weighted by atomic mass is 9.78. The molecule has 1 aromatic carbocycles. The topological polar surface area (TPSA) is 52.2 Å². The standard InChI is InChI=1S/C21H24ClFN4O/c22-16-3-1-2-15(18(16)23)12-26-10-7-21(8-11-26)19-17(24-13-25-19)6-9-27(21)20(28)14-4-5-14/h1-3,13-14H,4-12H2,(H,24,25). The highest BCUT2D eigenvalue weighted by Gasteiger charge is 2.50. The van der Waals surface area contributed by atoms with E-state index in [1.807, 2.05) is 0 Å². The minimum atomic E-state index is -0.331. The number of piperidine rings is 1. The van der Waals surface area contributed by atoms with Gasteiger partial charge in [0, 0.05) is 49.8 Å². The summed E-state index contributed by atoms with van der Waals surface area (Å²) in [5.41, 5.74) is 2.50. The summed E-state index contributed by atoms with van der Waals surface area (Å²) in [6.45, 7) is 2.89. The molecule has 3 aliphatic rings. The van der Waals surface area contributed by atoms with Gasteiger partial charge in [0.25, 0.3) is 0 Å². The van der Waals surface area contributed by atoms with Crippen LogP contribution >= 0.6 is 11.6 Å². The van der Waals surface area contributed by atoms with Crippen molar-refractivity contribution >= 4 is 17.5 Å². The van der Waals surface area contributed by atoms with E-state index in [1.165, 1.54) is 0 Å². The van der Waals surface area contributed by atoms with Crippen molar-refractivity contribution in [1.82, 2.24) is 19.8 Å². The van der Waals surface area contributed by atoms with Crippen molar-refractivity contribution in [3.05, 3.63) is 52.3 Å². The maximum Gasteiger partial charge on any atom is 0.226 e. The molecule has 0 bridgehead atoms. The summed E-state index contributed by atoms with van der Waals surface area (Å²) >= 11 is 5.93. The molecule has 2 aromatic rings. The molecule has 0 atom stereocenters. The number of benzene rings is 1. The van der Waals surface area contributed by atoms with Gasteiger partial charge < -0.3 is 9.88 Å². The smallest absolute Gasteiger partial charge is 0.226 e. The third kappa shape index (κ3) is 2.94. The second kappa shape index (κ2) is 6.85. The Morgan fingerprint density at radius 2 is 2.07 bits per heavy atom. The van der Waals surface area contributed by atoms with E-state index < -0.39 is 0 Å². The van der Waals surface area contributed by atoms with Crippen LogP contribution in [0.4, 0.5) is 4.39 Å². The normalized spacial score (nSPS) is 21.7. The number of rotatable bonds is 3. The van der Waals surface area contributed by atoms with Crippen LogP contribution in [-0.4, -0.2) is 45.3 Å². The van der Waals surface area contributed by atoms with E-state index in [0.717, 1.165) is 63.1 Å². The van der Waals surface area contributed by atoms with E-state index in [1.54, 1.807) is 24.5 Å². The molecule has 3 heterocycles. The molecule has 7 heteroatoms. The summed E-state index contributed by atoms with van der Waals surface area (Å²) in [5, 5.41) is 0.167. The predicted molar refractivity (Wildman–Crippen MR) is 104 cm³/mol. The van der Waals surface area contributed by atoms with Crippen molar-refractivity contribution < 1.29 is 9.18 Å². The van der Waals surface area contributed by atoms with Gasteiger partial charge in [-0.1, -0.05) is 23.7 Å². The van der Waals surface area contributed by atoms with Gasteiger partial charge in [-0.15, -0.1) is 0 Å². The highest BCUT2D eigenvalue weighted by molar-refractivity contribution is 6.30. The summed E-state index contributed by atoms with van der Waals surface area (Å²) in [4.78, 5) is 25.3. The maximum absolute atomic E-state index is 14.3. The molecule has 5 rings (SSSR count). The summed E-state index contributed by atoms with van der Waals surface area (Å²) in [6, 6.07) is 5.16. The number of H-pyrrole nitrogens is 1. The summed E-state index contributed by atoms with van der Waals surface area (Å²) < 4.78 is 14.3. The van der Waals surface area contributed by atoms with Crippen LogP contribution < -0.4 is 0 Å². The number of aromatic amines is 1. The van der Waals surface area contributed by atoms with E-state index in [0.29, 0.717) is 18.0 Å². The highest BCUT2D eigenvalue weighted by Crippen LogP contribution is 2.45. The second-order valence-corrected chi connectivity index (χ2v) is 8.67. The number of likely N-dealkylation sites (tertiary alicyclic amines) is 1. The van der Waals surface area contributed by atoms with E-state index in [-0.39, 0.29) is 22.3 Å². The first kappa shape index (κ1) is 18.1. The zero-order valence-corrected chi connectivity index (χ0v) is 16.5. The second-order valence-electron chi connectivity index (χ2n) is 8.26. The van der Waals surface area contributed by atoms with Crippen LogP contribution in [-0.2, 0) is 23.3 Å². The van der Waals surface area contributed by atoms with Crippen LogP contribution in [0.2, 0.25) is 5.02 Å². The molecule has 1 saturated carbocycles. The van der Waals surface area contributed by atoms with Crippen molar-refractivity contribution in [3.8, 4) is 0 Å². The number of imidazole rings is 1. The molecule has 2 fully saturated rings. The number of nitrogens with one attached hydrogen (secondary N) is 1. The van der Waals surface area contributed by atoms with Crippen molar-refractivity contribution in [1.29, 1.82) is 0 Å². The average Bonchev–Trinajstić information content (AvgIpc) is 3.44. The van der Waals surface area contributed by atoms with Gasteiger partial charge >= 0.3 is 0 Å². The summed E-state index contributed by atoms with van der Waals surface area (Å²) in [7, 11) is 0. The Bertz CT molecular complexity index is 902. The van der Waals surface area contributed by atoms with E-state index in [2.05, 4.69) is 19.8 Å². The van der Waals surface area contributed by atoms with E-state index >= 15 is 0 Å². The first-order valence-corrected chi connectivity index (χ1v) is 10.5. The molecule has 148 valence electrons. The van der Waals surface area contributed by atoms with Gasteiger partial charge in [0.15, 0.2) is 0 Å². The van der Waals surface area contributed by atoms with Crippen molar-refractivity contribution in [2.24, 2.45) is 5.92 Å². The molecule has 0 unspecified atom stereocenters. The predicted octanol–water partition coefficient (Wildman–Crippen LogP) is 3.49. The molecule has 28 heavy (non-hydrogen) atoms. The summed E-state index contributed by atoms with van der Waals surface area (Å²) in [6.07, 6.45) is 6.27. The molecule has 1 aromatic heterocycles. The number of aromatic nitrogens is 2. The quantitative estimate of drug-likeness (QED) is 0.855. The number of nitrogens with zero attached hydrogens (tertiary/aromatic N) is 3.